The number of halogens is 1. The molecule has 3 heteroatoms. The normalized spacial score (nSPS) is 16.6. The SMILES string of the molecule is O=C(Nc1ccc(Cl)cc1)C1(c2ccccc2)CCCC1. The van der Waals surface area contributed by atoms with Crippen LogP contribution in [0.5, 0.6) is 0 Å². The lowest BCUT2D eigenvalue weighted by Gasteiger charge is -2.28. The van der Waals surface area contributed by atoms with Crippen LogP contribution in [0.4, 0.5) is 5.69 Å². The van der Waals surface area contributed by atoms with Gasteiger partial charge in [-0.2, -0.15) is 0 Å². The predicted octanol–water partition coefficient (Wildman–Crippen LogP) is 4.79. The highest BCUT2D eigenvalue weighted by Gasteiger charge is 2.42. The molecule has 0 heterocycles. The molecular formula is C18H18ClNO. The number of hydrogen-bond donors (Lipinski definition) is 1. The lowest BCUT2D eigenvalue weighted by molar-refractivity contribution is -0.121. The van der Waals surface area contributed by atoms with Gasteiger partial charge in [0.15, 0.2) is 0 Å². The van der Waals surface area contributed by atoms with E-state index < -0.39 is 0 Å². The topological polar surface area (TPSA) is 29.1 Å². The first-order valence-electron chi connectivity index (χ1n) is 7.33. The maximum Gasteiger partial charge on any atom is 0.235 e. The zero-order valence-corrected chi connectivity index (χ0v) is 12.6. The quantitative estimate of drug-likeness (QED) is 0.867. The summed E-state index contributed by atoms with van der Waals surface area (Å²) >= 11 is 5.89. The van der Waals surface area contributed by atoms with E-state index in [0.717, 1.165) is 36.9 Å². The van der Waals surface area contributed by atoms with E-state index >= 15 is 0 Å². The summed E-state index contributed by atoms with van der Waals surface area (Å²) in [4.78, 5) is 12.9. The van der Waals surface area contributed by atoms with Crippen LogP contribution in [0.3, 0.4) is 0 Å². The third-order valence-corrected chi connectivity index (χ3v) is 4.57. The van der Waals surface area contributed by atoms with Gasteiger partial charge in [-0.15, -0.1) is 0 Å². The van der Waals surface area contributed by atoms with Gasteiger partial charge in [-0.3, -0.25) is 4.79 Å². The Morgan fingerprint density at radius 2 is 1.57 bits per heavy atom. The van der Waals surface area contributed by atoms with Gasteiger partial charge in [0.25, 0.3) is 0 Å². The second kappa shape index (κ2) is 5.90. The minimum absolute atomic E-state index is 0.0912. The molecule has 1 fully saturated rings. The molecule has 1 amide bonds. The van der Waals surface area contributed by atoms with Gasteiger partial charge in [-0.05, 0) is 42.7 Å². The van der Waals surface area contributed by atoms with Gasteiger partial charge in [0.05, 0.1) is 5.41 Å². The van der Waals surface area contributed by atoms with E-state index in [1.807, 2.05) is 30.3 Å². The van der Waals surface area contributed by atoms with E-state index in [-0.39, 0.29) is 11.3 Å². The van der Waals surface area contributed by atoms with Crippen molar-refractivity contribution < 1.29 is 4.79 Å². The van der Waals surface area contributed by atoms with E-state index in [1.165, 1.54) is 0 Å². The third-order valence-electron chi connectivity index (χ3n) is 4.32. The van der Waals surface area contributed by atoms with Crippen LogP contribution in [0.25, 0.3) is 0 Å². The molecular weight excluding hydrogens is 282 g/mol. The maximum atomic E-state index is 12.9. The van der Waals surface area contributed by atoms with Gasteiger partial charge in [0, 0.05) is 10.7 Å². The molecule has 1 N–H and O–H groups in total. The van der Waals surface area contributed by atoms with E-state index in [9.17, 15) is 4.79 Å². The zero-order valence-electron chi connectivity index (χ0n) is 11.8. The first-order valence-corrected chi connectivity index (χ1v) is 7.71. The Labute approximate surface area is 130 Å². The summed E-state index contributed by atoms with van der Waals surface area (Å²) in [5.74, 6) is 0.0912. The number of rotatable bonds is 3. The largest absolute Gasteiger partial charge is 0.325 e. The van der Waals surface area contributed by atoms with Crippen molar-refractivity contribution in [1.82, 2.24) is 0 Å². The maximum absolute atomic E-state index is 12.9. The molecule has 21 heavy (non-hydrogen) atoms. The van der Waals surface area contributed by atoms with Crippen LogP contribution in [0.1, 0.15) is 31.2 Å². The summed E-state index contributed by atoms with van der Waals surface area (Å²) in [6, 6.07) is 17.4. The van der Waals surface area contributed by atoms with Crippen molar-refractivity contribution in [1.29, 1.82) is 0 Å². The Bertz CT molecular complexity index is 615. The Morgan fingerprint density at radius 1 is 0.952 bits per heavy atom. The Balaban J connectivity index is 1.87. The molecule has 0 bridgehead atoms. The Kier molecular flexibility index (Phi) is 3.98. The monoisotopic (exact) mass is 299 g/mol. The molecule has 3 rings (SSSR count). The number of nitrogens with one attached hydrogen (secondary N) is 1. The van der Waals surface area contributed by atoms with Crippen molar-refractivity contribution in [2.75, 3.05) is 5.32 Å². The van der Waals surface area contributed by atoms with Crippen LogP contribution in [0.2, 0.25) is 5.02 Å². The first-order chi connectivity index (χ1) is 10.2. The fraction of sp³-hybridized carbons (Fsp3) is 0.278. The molecule has 108 valence electrons. The molecule has 0 saturated heterocycles. The van der Waals surface area contributed by atoms with Crippen LogP contribution in [-0.4, -0.2) is 5.91 Å². The molecule has 1 aliphatic carbocycles. The second-order valence-electron chi connectivity index (χ2n) is 5.62. The molecule has 0 aliphatic heterocycles. The standard InChI is InChI=1S/C18H18ClNO/c19-15-8-10-16(11-9-15)20-17(21)18(12-4-5-13-18)14-6-2-1-3-7-14/h1-3,6-11H,4-5,12-13H2,(H,20,21). The summed E-state index contributed by atoms with van der Waals surface area (Å²) in [6.07, 6.45) is 4.03. The molecule has 0 atom stereocenters. The number of hydrogen-bond acceptors (Lipinski definition) is 1. The third kappa shape index (κ3) is 2.81. The van der Waals surface area contributed by atoms with Crippen molar-refractivity contribution in [3.8, 4) is 0 Å². The minimum atomic E-state index is -0.388. The van der Waals surface area contributed by atoms with Gasteiger partial charge in [0.1, 0.15) is 0 Å². The van der Waals surface area contributed by atoms with E-state index in [1.54, 1.807) is 12.1 Å². The fourth-order valence-electron chi connectivity index (χ4n) is 3.17. The zero-order chi connectivity index (χ0) is 14.7. The van der Waals surface area contributed by atoms with Gasteiger partial charge in [-0.25, -0.2) is 0 Å². The number of carbonyl (C=O) groups excluding carboxylic acids is 1. The predicted molar refractivity (Wildman–Crippen MR) is 86.7 cm³/mol. The summed E-state index contributed by atoms with van der Waals surface area (Å²) in [6.45, 7) is 0. The van der Waals surface area contributed by atoms with Gasteiger partial charge < -0.3 is 5.32 Å². The number of anilines is 1. The molecule has 2 aromatic rings. The summed E-state index contributed by atoms with van der Waals surface area (Å²) in [5, 5.41) is 3.73. The fourth-order valence-corrected chi connectivity index (χ4v) is 3.29. The van der Waals surface area contributed by atoms with Gasteiger partial charge in [-0.1, -0.05) is 54.8 Å². The second-order valence-corrected chi connectivity index (χ2v) is 6.05. The van der Waals surface area contributed by atoms with Gasteiger partial charge in [0.2, 0.25) is 5.91 Å². The van der Waals surface area contributed by atoms with Crippen LogP contribution in [-0.2, 0) is 10.2 Å². The lowest BCUT2D eigenvalue weighted by Crippen LogP contribution is -2.37. The molecule has 2 aromatic carbocycles. The lowest BCUT2D eigenvalue weighted by atomic mass is 9.78. The molecule has 0 spiro atoms. The van der Waals surface area contributed by atoms with E-state index in [0.29, 0.717) is 5.02 Å². The average Bonchev–Trinajstić information content (AvgIpc) is 3.01. The van der Waals surface area contributed by atoms with Crippen molar-refractivity contribution >= 4 is 23.2 Å². The highest BCUT2D eigenvalue weighted by atomic mass is 35.5. The van der Waals surface area contributed by atoms with Crippen molar-refractivity contribution in [2.24, 2.45) is 0 Å². The van der Waals surface area contributed by atoms with Crippen LogP contribution in [0, 0.1) is 0 Å². The van der Waals surface area contributed by atoms with Crippen LogP contribution in [0.15, 0.2) is 54.6 Å². The number of benzene rings is 2. The molecule has 2 nitrogen and oxygen atoms in total. The molecule has 0 unspecified atom stereocenters. The van der Waals surface area contributed by atoms with Crippen LogP contribution >= 0.6 is 11.6 Å². The van der Waals surface area contributed by atoms with Crippen molar-refractivity contribution in [3.05, 3.63) is 65.2 Å². The molecule has 0 aromatic heterocycles. The Hall–Kier alpha value is -1.80. The van der Waals surface area contributed by atoms with Gasteiger partial charge >= 0.3 is 0 Å². The summed E-state index contributed by atoms with van der Waals surface area (Å²) in [5.41, 5.74) is 1.53. The highest BCUT2D eigenvalue weighted by Crippen LogP contribution is 2.42. The number of carbonyl (C=O) groups is 1. The number of amides is 1. The smallest absolute Gasteiger partial charge is 0.235 e. The minimum Gasteiger partial charge on any atom is -0.325 e. The van der Waals surface area contributed by atoms with Crippen molar-refractivity contribution in [2.45, 2.75) is 31.1 Å². The highest BCUT2D eigenvalue weighted by molar-refractivity contribution is 6.30. The van der Waals surface area contributed by atoms with E-state index in [2.05, 4.69) is 17.4 Å². The summed E-state index contributed by atoms with van der Waals surface area (Å²) in [7, 11) is 0. The van der Waals surface area contributed by atoms with Crippen molar-refractivity contribution in [3.63, 3.8) is 0 Å². The van der Waals surface area contributed by atoms with Crippen LogP contribution < -0.4 is 5.32 Å². The molecule has 0 radical (unpaired) electrons. The summed E-state index contributed by atoms with van der Waals surface area (Å²) < 4.78 is 0. The van der Waals surface area contributed by atoms with E-state index in [4.69, 9.17) is 11.6 Å². The first kappa shape index (κ1) is 14.2. The average molecular weight is 300 g/mol. The Morgan fingerprint density at radius 3 is 2.19 bits per heavy atom. The molecule has 1 saturated carbocycles. The molecule has 1 aliphatic rings.